The number of hydrogen-bond donors (Lipinski definition) is 0. The van der Waals surface area contributed by atoms with Crippen LogP contribution in [0.2, 0.25) is 0 Å². The van der Waals surface area contributed by atoms with Gasteiger partial charge < -0.3 is 9.47 Å². The molecule has 1 aliphatic carbocycles. The maximum Gasteiger partial charge on any atom is 0.161 e. The minimum absolute atomic E-state index is 0.557. The largest absolute Gasteiger partial charge is 0.489 e. The second kappa shape index (κ2) is 5.83. The van der Waals surface area contributed by atoms with Crippen molar-refractivity contribution in [3.8, 4) is 11.5 Å². The Bertz CT molecular complexity index is 590. The summed E-state index contributed by atoms with van der Waals surface area (Å²) in [7, 11) is 0. The molecule has 0 unspecified atom stereocenters. The zero-order valence-corrected chi connectivity index (χ0v) is 12.7. The van der Waals surface area contributed by atoms with Crippen LogP contribution in [0, 0.1) is 19.8 Å². The van der Waals surface area contributed by atoms with E-state index in [0.717, 1.165) is 34.7 Å². The van der Waals surface area contributed by atoms with Crippen molar-refractivity contribution in [3.63, 3.8) is 0 Å². The van der Waals surface area contributed by atoms with Crippen molar-refractivity contribution in [1.82, 2.24) is 4.98 Å². The summed E-state index contributed by atoms with van der Waals surface area (Å²) in [6, 6.07) is 7.90. The fourth-order valence-electron chi connectivity index (χ4n) is 2.03. The lowest BCUT2D eigenvalue weighted by molar-refractivity contribution is 0.255. The van der Waals surface area contributed by atoms with Gasteiger partial charge in [0.15, 0.2) is 11.5 Å². The number of para-hydroxylation sites is 2. The van der Waals surface area contributed by atoms with Gasteiger partial charge in [0.05, 0.1) is 22.2 Å². The number of nitrogens with zero attached hydrogens (tertiary/aromatic N) is 1. The van der Waals surface area contributed by atoms with E-state index in [2.05, 4.69) is 4.98 Å². The van der Waals surface area contributed by atoms with Crippen molar-refractivity contribution in [2.24, 2.45) is 5.92 Å². The Morgan fingerprint density at radius 1 is 1.15 bits per heavy atom. The van der Waals surface area contributed by atoms with Crippen LogP contribution in [0.5, 0.6) is 11.5 Å². The van der Waals surface area contributed by atoms with Crippen LogP contribution in [0.25, 0.3) is 0 Å². The highest BCUT2D eigenvalue weighted by Crippen LogP contribution is 2.33. The standard InChI is InChI=1S/C16H19NO2S/c1-11-16(20-12(2)17-11)10-19-15-6-4-3-5-14(15)18-9-13-7-8-13/h3-6,13H,7-10H2,1-2H3. The summed E-state index contributed by atoms with van der Waals surface area (Å²) >= 11 is 1.69. The van der Waals surface area contributed by atoms with E-state index in [1.807, 2.05) is 38.1 Å². The van der Waals surface area contributed by atoms with Crippen LogP contribution in [0.1, 0.15) is 28.4 Å². The molecule has 1 saturated carbocycles. The van der Waals surface area contributed by atoms with Gasteiger partial charge in [-0.15, -0.1) is 11.3 Å². The molecule has 1 fully saturated rings. The van der Waals surface area contributed by atoms with Gasteiger partial charge in [0.25, 0.3) is 0 Å². The average Bonchev–Trinajstić information content (AvgIpc) is 3.20. The maximum atomic E-state index is 5.92. The molecule has 1 aromatic heterocycles. The van der Waals surface area contributed by atoms with E-state index >= 15 is 0 Å². The van der Waals surface area contributed by atoms with Gasteiger partial charge in [0, 0.05) is 0 Å². The van der Waals surface area contributed by atoms with Crippen LogP contribution < -0.4 is 9.47 Å². The predicted molar refractivity (Wildman–Crippen MR) is 80.6 cm³/mol. The zero-order chi connectivity index (χ0) is 13.9. The SMILES string of the molecule is Cc1nc(C)c(COc2ccccc2OCC2CC2)s1. The molecule has 0 radical (unpaired) electrons. The predicted octanol–water partition coefficient (Wildman–Crippen LogP) is 4.13. The second-order valence-electron chi connectivity index (χ2n) is 5.23. The fraction of sp³-hybridized carbons (Fsp3) is 0.438. The molecule has 106 valence electrons. The minimum atomic E-state index is 0.557. The van der Waals surface area contributed by atoms with E-state index in [1.165, 1.54) is 17.7 Å². The maximum absolute atomic E-state index is 5.92. The third-order valence-electron chi connectivity index (χ3n) is 3.38. The Labute approximate surface area is 123 Å². The number of rotatable bonds is 6. The van der Waals surface area contributed by atoms with Crippen molar-refractivity contribution < 1.29 is 9.47 Å². The Hall–Kier alpha value is -1.55. The third-order valence-corrected chi connectivity index (χ3v) is 4.43. The summed E-state index contributed by atoms with van der Waals surface area (Å²) < 4.78 is 11.8. The smallest absolute Gasteiger partial charge is 0.161 e. The number of ether oxygens (including phenoxy) is 2. The molecule has 0 N–H and O–H groups in total. The molecule has 2 aromatic rings. The van der Waals surface area contributed by atoms with Gasteiger partial charge >= 0.3 is 0 Å². The van der Waals surface area contributed by atoms with E-state index in [0.29, 0.717) is 6.61 Å². The minimum Gasteiger partial charge on any atom is -0.489 e. The normalized spacial score (nSPS) is 14.3. The van der Waals surface area contributed by atoms with E-state index in [-0.39, 0.29) is 0 Å². The quantitative estimate of drug-likeness (QED) is 0.801. The van der Waals surface area contributed by atoms with Crippen molar-refractivity contribution in [1.29, 1.82) is 0 Å². The topological polar surface area (TPSA) is 31.4 Å². The van der Waals surface area contributed by atoms with E-state index in [4.69, 9.17) is 9.47 Å². The van der Waals surface area contributed by atoms with E-state index in [9.17, 15) is 0 Å². The first-order valence-corrected chi connectivity index (χ1v) is 7.81. The summed E-state index contributed by atoms with van der Waals surface area (Å²) in [6.45, 7) is 5.41. The van der Waals surface area contributed by atoms with Gasteiger partial charge in [-0.2, -0.15) is 0 Å². The van der Waals surface area contributed by atoms with E-state index in [1.54, 1.807) is 11.3 Å². The first-order valence-electron chi connectivity index (χ1n) is 7.00. The van der Waals surface area contributed by atoms with Crippen molar-refractivity contribution in [2.75, 3.05) is 6.61 Å². The van der Waals surface area contributed by atoms with Crippen molar-refractivity contribution in [2.45, 2.75) is 33.3 Å². The van der Waals surface area contributed by atoms with Crippen LogP contribution in [0.3, 0.4) is 0 Å². The summed E-state index contributed by atoms with van der Waals surface area (Å²) in [5.41, 5.74) is 1.06. The van der Waals surface area contributed by atoms with Gasteiger partial charge in [0.1, 0.15) is 6.61 Å². The molecular weight excluding hydrogens is 270 g/mol. The lowest BCUT2D eigenvalue weighted by atomic mass is 10.3. The first kappa shape index (κ1) is 13.4. The molecular formula is C16H19NO2S. The van der Waals surface area contributed by atoms with Gasteiger partial charge in [-0.1, -0.05) is 12.1 Å². The van der Waals surface area contributed by atoms with E-state index < -0.39 is 0 Å². The molecule has 3 rings (SSSR count). The molecule has 0 atom stereocenters. The lowest BCUT2D eigenvalue weighted by Gasteiger charge is -2.12. The molecule has 1 heterocycles. The summed E-state index contributed by atoms with van der Waals surface area (Å²) in [5.74, 6) is 2.41. The Morgan fingerprint density at radius 2 is 1.85 bits per heavy atom. The van der Waals surface area contributed by atoms with Gasteiger partial charge in [-0.3, -0.25) is 0 Å². The highest BCUT2D eigenvalue weighted by molar-refractivity contribution is 7.11. The van der Waals surface area contributed by atoms with Crippen LogP contribution in [0.15, 0.2) is 24.3 Å². The Kier molecular flexibility index (Phi) is 3.92. The first-order chi connectivity index (χ1) is 9.72. The highest BCUT2D eigenvalue weighted by atomic mass is 32.1. The molecule has 3 nitrogen and oxygen atoms in total. The Morgan fingerprint density at radius 3 is 2.45 bits per heavy atom. The zero-order valence-electron chi connectivity index (χ0n) is 11.9. The summed E-state index contributed by atoms with van der Waals surface area (Å²) in [6.07, 6.45) is 2.59. The van der Waals surface area contributed by atoms with Crippen LogP contribution in [0.4, 0.5) is 0 Å². The number of thiazole rings is 1. The number of benzene rings is 1. The fourth-order valence-corrected chi connectivity index (χ4v) is 2.88. The van der Waals surface area contributed by atoms with Crippen molar-refractivity contribution in [3.05, 3.63) is 39.8 Å². The molecule has 0 bridgehead atoms. The summed E-state index contributed by atoms with van der Waals surface area (Å²) in [5, 5.41) is 1.08. The molecule has 1 aromatic carbocycles. The molecule has 0 saturated heterocycles. The monoisotopic (exact) mass is 289 g/mol. The van der Waals surface area contributed by atoms with Crippen molar-refractivity contribution >= 4 is 11.3 Å². The van der Waals surface area contributed by atoms with Crippen LogP contribution in [-0.4, -0.2) is 11.6 Å². The third kappa shape index (κ3) is 3.31. The average molecular weight is 289 g/mol. The molecule has 0 amide bonds. The molecule has 0 aliphatic heterocycles. The molecule has 1 aliphatic rings. The number of hydrogen-bond acceptors (Lipinski definition) is 4. The summed E-state index contributed by atoms with van der Waals surface area (Å²) in [4.78, 5) is 5.60. The second-order valence-corrected chi connectivity index (χ2v) is 6.52. The van der Waals surface area contributed by atoms with Crippen LogP contribution >= 0.6 is 11.3 Å². The molecule has 20 heavy (non-hydrogen) atoms. The number of aromatic nitrogens is 1. The van der Waals surface area contributed by atoms with Gasteiger partial charge in [0.2, 0.25) is 0 Å². The number of aryl methyl sites for hydroxylation is 2. The van der Waals surface area contributed by atoms with Gasteiger partial charge in [-0.05, 0) is 44.7 Å². The van der Waals surface area contributed by atoms with Crippen LogP contribution in [-0.2, 0) is 6.61 Å². The molecule has 4 heteroatoms. The van der Waals surface area contributed by atoms with Gasteiger partial charge in [-0.25, -0.2) is 4.98 Å². The molecule has 0 spiro atoms. The highest BCUT2D eigenvalue weighted by Gasteiger charge is 2.22. The lowest BCUT2D eigenvalue weighted by Crippen LogP contribution is -2.02. The Balaban J connectivity index is 1.65.